The van der Waals surface area contributed by atoms with Crippen molar-refractivity contribution in [3.05, 3.63) is 42.5 Å². The van der Waals surface area contributed by atoms with Crippen molar-refractivity contribution in [1.29, 1.82) is 0 Å². The van der Waals surface area contributed by atoms with Gasteiger partial charge in [0, 0.05) is 38.7 Å². The number of hydrogen-bond acceptors (Lipinski definition) is 6. The number of para-hydroxylation sites is 2. The summed E-state index contributed by atoms with van der Waals surface area (Å²) in [6, 6.07) is 10.7. The maximum absolute atomic E-state index is 12.5. The molecule has 2 N–H and O–H groups in total. The molecule has 0 bridgehead atoms. The van der Waals surface area contributed by atoms with E-state index >= 15 is 0 Å². The summed E-state index contributed by atoms with van der Waals surface area (Å²) in [7, 11) is 1.99. The number of aryl methyl sites for hydroxylation is 1. The first kappa shape index (κ1) is 20.7. The van der Waals surface area contributed by atoms with E-state index in [4.69, 9.17) is 0 Å². The highest BCUT2D eigenvalue weighted by atomic mass is 16.1. The minimum absolute atomic E-state index is 0.0899. The number of nitrogens with one attached hydrogen (secondary N) is 2. The van der Waals surface area contributed by atoms with Crippen LogP contribution in [0.3, 0.4) is 0 Å². The lowest BCUT2D eigenvalue weighted by molar-refractivity contribution is -0.121. The van der Waals surface area contributed by atoms with E-state index in [1.165, 1.54) is 12.8 Å². The largest absolute Gasteiger partial charge is 0.367 e. The Bertz CT molecular complexity index is 1090. The Labute approximate surface area is 188 Å². The zero-order chi connectivity index (χ0) is 21.9. The summed E-state index contributed by atoms with van der Waals surface area (Å²) in [5.74, 6) is 3.37. The van der Waals surface area contributed by atoms with E-state index in [1.54, 1.807) is 6.33 Å². The molecule has 2 fully saturated rings. The van der Waals surface area contributed by atoms with Crippen molar-refractivity contribution < 1.29 is 4.79 Å². The van der Waals surface area contributed by atoms with Crippen LogP contribution in [0.5, 0.6) is 0 Å². The maximum Gasteiger partial charge on any atom is 0.220 e. The third-order valence-corrected chi connectivity index (χ3v) is 6.53. The number of imidazole rings is 1. The van der Waals surface area contributed by atoms with E-state index in [0.717, 1.165) is 60.8 Å². The van der Waals surface area contributed by atoms with E-state index in [2.05, 4.69) is 36.6 Å². The molecule has 1 aliphatic carbocycles. The molecule has 168 valence electrons. The molecule has 2 aliphatic rings. The van der Waals surface area contributed by atoms with E-state index < -0.39 is 0 Å². The molecule has 0 spiro atoms. The maximum atomic E-state index is 12.5. The van der Waals surface area contributed by atoms with Gasteiger partial charge in [0.05, 0.1) is 17.6 Å². The third kappa shape index (κ3) is 4.84. The van der Waals surface area contributed by atoms with Gasteiger partial charge in [-0.1, -0.05) is 12.1 Å². The van der Waals surface area contributed by atoms with Gasteiger partial charge < -0.3 is 20.1 Å². The minimum atomic E-state index is 0.0899. The Morgan fingerprint density at radius 1 is 1.19 bits per heavy atom. The van der Waals surface area contributed by atoms with Crippen LogP contribution < -0.4 is 15.5 Å². The molecule has 1 saturated carbocycles. The summed E-state index contributed by atoms with van der Waals surface area (Å²) < 4.78 is 2.04. The van der Waals surface area contributed by atoms with Crippen molar-refractivity contribution >= 4 is 28.6 Å². The molecule has 1 atom stereocenters. The molecule has 8 nitrogen and oxygen atoms in total. The predicted molar refractivity (Wildman–Crippen MR) is 125 cm³/mol. The quantitative estimate of drug-likeness (QED) is 0.567. The molecule has 8 heteroatoms. The second kappa shape index (κ2) is 9.14. The summed E-state index contributed by atoms with van der Waals surface area (Å²) >= 11 is 0. The van der Waals surface area contributed by atoms with Crippen molar-refractivity contribution in [2.75, 3.05) is 23.3 Å². The average molecular weight is 434 g/mol. The normalized spacial score (nSPS) is 18.7. The van der Waals surface area contributed by atoms with Gasteiger partial charge in [0.1, 0.15) is 23.8 Å². The summed E-state index contributed by atoms with van der Waals surface area (Å²) in [6.07, 6.45) is 7.82. The van der Waals surface area contributed by atoms with Gasteiger partial charge in [0.25, 0.3) is 0 Å². The van der Waals surface area contributed by atoms with Crippen LogP contribution in [0, 0.1) is 5.92 Å². The van der Waals surface area contributed by atoms with Crippen LogP contribution in [0.25, 0.3) is 11.0 Å². The molecular weight excluding hydrogens is 402 g/mol. The number of fused-ring (bicyclic) bond motifs is 1. The van der Waals surface area contributed by atoms with Crippen molar-refractivity contribution in [2.45, 2.75) is 51.1 Å². The molecule has 1 aliphatic heterocycles. The number of nitrogens with zero attached hydrogens (tertiary/aromatic N) is 5. The molecular formula is C24H31N7O. The second-order valence-corrected chi connectivity index (χ2v) is 9.03. The van der Waals surface area contributed by atoms with Gasteiger partial charge in [-0.3, -0.25) is 4.79 Å². The minimum Gasteiger partial charge on any atom is -0.367 e. The Kier molecular flexibility index (Phi) is 5.92. The van der Waals surface area contributed by atoms with Crippen LogP contribution in [0.4, 0.5) is 11.6 Å². The summed E-state index contributed by atoms with van der Waals surface area (Å²) in [4.78, 5) is 28.3. The fourth-order valence-electron chi connectivity index (χ4n) is 4.50. The van der Waals surface area contributed by atoms with Crippen LogP contribution >= 0.6 is 0 Å². The summed E-state index contributed by atoms with van der Waals surface area (Å²) in [5.41, 5.74) is 2.04. The number of anilines is 2. The molecule has 0 unspecified atom stereocenters. The summed E-state index contributed by atoms with van der Waals surface area (Å²) in [5, 5.41) is 6.50. The molecule has 1 saturated heterocycles. The number of rotatable bonds is 8. The molecule has 5 rings (SSSR count). The third-order valence-electron chi connectivity index (χ3n) is 6.53. The Hall–Kier alpha value is -3.16. The standard InChI is InChI=1S/C24H31N7O/c1-30-20-7-3-2-6-19(20)29-23(30)14-25-24(32)11-8-17-5-4-12-31(15-17)22-13-21(26-16-27-22)28-18-9-10-18/h2-3,6-7,13,16-18H,4-5,8-12,14-15H2,1H3,(H,25,32)(H,26,27,28)/t17-/m0/s1. The van der Waals surface area contributed by atoms with Gasteiger partial charge in [0.15, 0.2) is 0 Å². The fourth-order valence-corrected chi connectivity index (χ4v) is 4.50. The van der Waals surface area contributed by atoms with Crippen molar-refractivity contribution in [3.63, 3.8) is 0 Å². The van der Waals surface area contributed by atoms with Crippen molar-refractivity contribution in [2.24, 2.45) is 13.0 Å². The lowest BCUT2D eigenvalue weighted by Gasteiger charge is -2.33. The van der Waals surface area contributed by atoms with E-state index in [-0.39, 0.29) is 5.91 Å². The van der Waals surface area contributed by atoms with E-state index in [9.17, 15) is 4.79 Å². The van der Waals surface area contributed by atoms with Crippen molar-refractivity contribution in [1.82, 2.24) is 24.8 Å². The van der Waals surface area contributed by atoms with E-state index in [1.807, 2.05) is 35.9 Å². The molecule has 32 heavy (non-hydrogen) atoms. The SMILES string of the molecule is Cn1c(CNC(=O)CC[C@@H]2CCCN(c3cc(NC4CC4)ncn3)C2)nc2ccccc21. The number of carbonyl (C=O) groups is 1. The Morgan fingerprint density at radius 2 is 2.06 bits per heavy atom. The van der Waals surface area contributed by atoms with Gasteiger partial charge >= 0.3 is 0 Å². The highest BCUT2D eigenvalue weighted by molar-refractivity contribution is 5.77. The highest BCUT2D eigenvalue weighted by Gasteiger charge is 2.24. The highest BCUT2D eigenvalue weighted by Crippen LogP contribution is 2.28. The zero-order valence-corrected chi connectivity index (χ0v) is 18.6. The number of amides is 1. The fraction of sp³-hybridized carbons (Fsp3) is 0.500. The van der Waals surface area contributed by atoms with E-state index in [0.29, 0.717) is 24.9 Å². The van der Waals surface area contributed by atoms with Gasteiger partial charge in [0.2, 0.25) is 5.91 Å². The molecule has 3 aromatic rings. The number of benzene rings is 1. The van der Waals surface area contributed by atoms with Gasteiger partial charge in [-0.25, -0.2) is 15.0 Å². The molecule has 0 radical (unpaired) electrons. The number of carbonyl (C=O) groups excluding carboxylic acids is 1. The van der Waals surface area contributed by atoms with Crippen LogP contribution in [0.15, 0.2) is 36.7 Å². The number of hydrogen-bond donors (Lipinski definition) is 2. The molecule has 2 aromatic heterocycles. The van der Waals surface area contributed by atoms with Gasteiger partial charge in [-0.05, 0) is 50.2 Å². The topological polar surface area (TPSA) is 88.0 Å². The lowest BCUT2D eigenvalue weighted by atomic mass is 9.93. The lowest BCUT2D eigenvalue weighted by Crippen LogP contribution is -2.36. The van der Waals surface area contributed by atoms with Gasteiger partial charge in [-0.15, -0.1) is 0 Å². The molecule has 1 aromatic carbocycles. The molecule has 3 heterocycles. The summed E-state index contributed by atoms with van der Waals surface area (Å²) in [6.45, 7) is 2.41. The Balaban J connectivity index is 1.11. The van der Waals surface area contributed by atoms with Gasteiger partial charge in [-0.2, -0.15) is 0 Å². The van der Waals surface area contributed by atoms with Crippen LogP contribution in [0.1, 0.15) is 44.3 Å². The van der Waals surface area contributed by atoms with Crippen LogP contribution in [-0.4, -0.2) is 44.6 Å². The zero-order valence-electron chi connectivity index (χ0n) is 18.6. The first-order valence-electron chi connectivity index (χ1n) is 11.7. The van der Waals surface area contributed by atoms with Crippen LogP contribution in [0.2, 0.25) is 0 Å². The first-order chi connectivity index (χ1) is 15.7. The number of piperidine rings is 1. The predicted octanol–water partition coefficient (Wildman–Crippen LogP) is 3.25. The number of aromatic nitrogens is 4. The smallest absolute Gasteiger partial charge is 0.220 e. The Morgan fingerprint density at radius 3 is 2.91 bits per heavy atom. The average Bonchev–Trinajstić information content (AvgIpc) is 3.58. The van der Waals surface area contributed by atoms with Crippen molar-refractivity contribution in [3.8, 4) is 0 Å². The first-order valence-corrected chi connectivity index (χ1v) is 11.7. The second-order valence-electron chi connectivity index (χ2n) is 9.03. The molecule has 1 amide bonds. The monoisotopic (exact) mass is 433 g/mol. The van der Waals surface area contributed by atoms with Crippen LogP contribution in [-0.2, 0) is 18.4 Å².